The molecule has 2 aromatic rings. The number of anilines is 2. The lowest BCUT2D eigenvalue weighted by Gasteiger charge is -2.40. The summed E-state index contributed by atoms with van der Waals surface area (Å²) in [5, 5.41) is 29.6. The quantitative estimate of drug-likeness (QED) is 0.0848. The summed E-state index contributed by atoms with van der Waals surface area (Å²) >= 11 is 0. The van der Waals surface area contributed by atoms with Gasteiger partial charge in [-0.3, -0.25) is 34.8 Å². The first-order valence-electron chi connectivity index (χ1n) is 15.2. The van der Waals surface area contributed by atoms with Crippen LogP contribution in [0.15, 0.2) is 48.5 Å². The molecule has 1 heterocycles. The highest BCUT2D eigenvalue weighted by Crippen LogP contribution is 2.19. The number of guanidine groups is 2. The van der Waals surface area contributed by atoms with E-state index in [-0.39, 0.29) is 55.0 Å². The summed E-state index contributed by atoms with van der Waals surface area (Å²) in [5.74, 6) is -4.75. The molecule has 9 N–H and O–H groups in total. The highest BCUT2D eigenvalue weighted by Gasteiger charge is 2.37. The van der Waals surface area contributed by atoms with Gasteiger partial charge in [0, 0.05) is 30.8 Å². The van der Waals surface area contributed by atoms with Crippen molar-refractivity contribution >= 4 is 65.1 Å². The van der Waals surface area contributed by atoms with E-state index >= 15 is 0 Å². The summed E-state index contributed by atoms with van der Waals surface area (Å²) in [4.78, 5) is 91.2. The van der Waals surface area contributed by atoms with Crippen molar-refractivity contribution in [1.29, 1.82) is 10.8 Å². The molecule has 0 unspecified atom stereocenters. The van der Waals surface area contributed by atoms with Gasteiger partial charge in [-0.25, -0.2) is 19.4 Å². The normalized spacial score (nSPS) is 13.8. The number of nitrogens with zero attached hydrogens (tertiary/aromatic N) is 4. The predicted molar refractivity (Wildman–Crippen MR) is 180 cm³/mol. The molecule has 0 aromatic heterocycles. The number of piperazine rings is 1. The fourth-order valence-electron chi connectivity index (χ4n) is 5.09. The molecule has 1 aliphatic rings. The maximum atomic E-state index is 13.3. The number of carboxylic acids is 1. The van der Waals surface area contributed by atoms with Crippen LogP contribution in [0.3, 0.4) is 0 Å². The Balaban J connectivity index is 1.62. The maximum absolute atomic E-state index is 13.3. The minimum atomic E-state index is -1.23. The fourth-order valence-corrected chi connectivity index (χ4v) is 5.09. The van der Waals surface area contributed by atoms with Gasteiger partial charge in [0.1, 0.15) is 12.6 Å². The van der Waals surface area contributed by atoms with Gasteiger partial charge in [0.2, 0.25) is 23.7 Å². The van der Waals surface area contributed by atoms with Crippen molar-refractivity contribution in [3.63, 3.8) is 0 Å². The first kappa shape index (κ1) is 38.7. The second-order valence-electron chi connectivity index (χ2n) is 10.8. The highest BCUT2D eigenvalue weighted by atomic mass is 16.5. The minimum absolute atomic E-state index is 0.00303. The first-order chi connectivity index (χ1) is 24.2. The van der Waals surface area contributed by atoms with Gasteiger partial charge >= 0.3 is 18.2 Å². The van der Waals surface area contributed by atoms with E-state index < -0.39 is 72.8 Å². The molecule has 1 atom stereocenters. The van der Waals surface area contributed by atoms with Crippen LogP contribution in [-0.2, 0) is 23.9 Å². The number of nitrogens with one attached hydrogen (secondary N) is 4. The Labute approximate surface area is 291 Å². The van der Waals surface area contributed by atoms with Crippen molar-refractivity contribution in [3.8, 4) is 0 Å². The van der Waals surface area contributed by atoms with Gasteiger partial charge < -0.3 is 46.5 Å². The van der Waals surface area contributed by atoms with Crippen LogP contribution in [0, 0.1) is 10.8 Å². The number of nitrogens with two attached hydrogens (primary N) is 2. The van der Waals surface area contributed by atoms with E-state index in [4.69, 9.17) is 22.3 Å². The molecule has 1 saturated heterocycles. The average Bonchev–Trinajstić information content (AvgIpc) is 3.10. The van der Waals surface area contributed by atoms with E-state index in [1.807, 2.05) is 0 Å². The number of carbonyl (C=O) groups excluding carboxylic acids is 6. The van der Waals surface area contributed by atoms with Crippen LogP contribution in [0.25, 0.3) is 0 Å². The molecule has 51 heavy (non-hydrogen) atoms. The van der Waals surface area contributed by atoms with Crippen LogP contribution in [0.4, 0.5) is 21.0 Å². The van der Waals surface area contributed by atoms with Crippen LogP contribution >= 0.6 is 0 Å². The summed E-state index contributed by atoms with van der Waals surface area (Å²) in [5.41, 5.74) is 11.6. The summed E-state index contributed by atoms with van der Waals surface area (Å²) in [6.07, 6.45) is -1.52. The van der Waals surface area contributed by atoms with E-state index in [0.29, 0.717) is 0 Å². The molecule has 6 amide bonds. The Morgan fingerprint density at radius 3 is 1.73 bits per heavy atom. The number of methoxy groups -OCH3 is 2. The van der Waals surface area contributed by atoms with Crippen LogP contribution < -0.4 is 31.9 Å². The molecule has 2 aromatic carbocycles. The zero-order valence-electron chi connectivity index (χ0n) is 27.7. The molecule has 0 radical (unpaired) electrons. The van der Waals surface area contributed by atoms with Gasteiger partial charge in [-0.15, -0.1) is 0 Å². The molecule has 0 spiro atoms. The Hall–Kier alpha value is -6.73. The highest BCUT2D eigenvalue weighted by molar-refractivity contribution is 6.13. The van der Waals surface area contributed by atoms with Crippen molar-refractivity contribution in [3.05, 3.63) is 59.7 Å². The molecule has 272 valence electrons. The predicted octanol–water partition coefficient (Wildman–Crippen LogP) is -0.317. The van der Waals surface area contributed by atoms with Crippen molar-refractivity contribution < 1.29 is 48.1 Å². The Kier molecular flexibility index (Phi) is 13.4. The van der Waals surface area contributed by atoms with Crippen LogP contribution in [0.2, 0.25) is 0 Å². The number of benzene rings is 2. The zero-order chi connectivity index (χ0) is 37.8. The lowest BCUT2D eigenvalue weighted by Crippen LogP contribution is -2.60. The van der Waals surface area contributed by atoms with E-state index in [0.717, 1.165) is 28.9 Å². The minimum Gasteiger partial charge on any atom is -0.480 e. The number of ether oxygens (including phenoxy) is 2. The van der Waals surface area contributed by atoms with Crippen molar-refractivity contribution in [2.24, 2.45) is 11.5 Å². The number of rotatable bonds is 12. The summed E-state index contributed by atoms with van der Waals surface area (Å²) < 4.78 is 9.21. The monoisotopic (exact) mass is 710 g/mol. The molecule has 1 aliphatic heterocycles. The van der Waals surface area contributed by atoms with Gasteiger partial charge in [-0.1, -0.05) is 0 Å². The molecule has 1 fully saturated rings. The SMILES string of the molecule is COC(=O)N(C(=N)N)c1ccc(C(=O)NCCC[C@H]2C(=O)N(CC(=O)O)CCN2C(=O)CNC(=O)c2ccc(N(C(=N)N)C(=O)OC)cc2)cc1. The molecule has 20 heteroatoms. The Morgan fingerprint density at radius 2 is 1.29 bits per heavy atom. The largest absolute Gasteiger partial charge is 0.480 e. The fraction of sp³-hybridized carbons (Fsp3) is 0.323. The topological polar surface area (TPSA) is 295 Å². The molecule has 20 nitrogen and oxygen atoms in total. The molecule has 0 saturated carbocycles. The number of amides is 6. The molecular weight excluding hydrogens is 672 g/mol. The number of carboxylic acid groups (broad SMARTS) is 1. The van der Waals surface area contributed by atoms with Crippen molar-refractivity contribution in [2.45, 2.75) is 18.9 Å². The van der Waals surface area contributed by atoms with E-state index in [2.05, 4.69) is 20.1 Å². The van der Waals surface area contributed by atoms with Crippen molar-refractivity contribution in [2.75, 3.05) is 56.7 Å². The van der Waals surface area contributed by atoms with Crippen LogP contribution in [0.1, 0.15) is 33.6 Å². The number of hydrogen-bond acceptors (Lipinski definition) is 11. The summed E-state index contributed by atoms with van der Waals surface area (Å²) in [6, 6.07) is 9.94. The van der Waals surface area contributed by atoms with Gasteiger partial charge in [0.25, 0.3) is 11.8 Å². The molecule has 0 aliphatic carbocycles. The molecular formula is C31H38N10O10. The second-order valence-corrected chi connectivity index (χ2v) is 10.8. The standard InChI is InChI=1S/C31H38N10O10/c1-50-30(48)40(28(32)33)20-9-5-18(6-10-20)25(45)36-13-3-4-22-27(47)38(17-24(43)44)14-15-39(22)23(42)16-37-26(46)19-7-11-21(12-8-19)41(29(34)35)31(49)51-2/h5-12,22H,3-4,13-17H2,1-2H3,(H3,32,33)(H3,34,35)(H,36,45)(H,37,46)(H,43,44)/t22-/m0/s1. The van der Waals surface area contributed by atoms with Crippen molar-refractivity contribution in [1.82, 2.24) is 20.4 Å². The van der Waals surface area contributed by atoms with Gasteiger partial charge in [-0.05, 0) is 61.4 Å². The lowest BCUT2D eigenvalue weighted by molar-refractivity contribution is -0.155. The lowest BCUT2D eigenvalue weighted by atomic mass is 10.0. The van der Waals surface area contributed by atoms with E-state index in [9.17, 15) is 38.7 Å². The Morgan fingerprint density at radius 1 is 0.824 bits per heavy atom. The third-order valence-corrected chi connectivity index (χ3v) is 7.54. The van der Waals surface area contributed by atoms with Gasteiger partial charge in [0.15, 0.2) is 0 Å². The molecule has 3 rings (SSSR count). The average molecular weight is 711 g/mol. The van der Waals surface area contributed by atoms with E-state index in [1.54, 1.807) is 0 Å². The smallest absolute Gasteiger partial charge is 0.421 e. The summed E-state index contributed by atoms with van der Waals surface area (Å²) in [7, 11) is 2.24. The van der Waals surface area contributed by atoms with Gasteiger partial charge in [-0.2, -0.15) is 0 Å². The molecule has 0 bridgehead atoms. The third-order valence-electron chi connectivity index (χ3n) is 7.54. The number of hydrogen-bond donors (Lipinski definition) is 7. The van der Waals surface area contributed by atoms with Crippen LogP contribution in [0.5, 0.6) is 0 Å². The summed E-state index contributed by atoms with van der Waals surface area (Å²) in [6.45, 7) is -1.01. The maximum Gasteiger partial charge on any atom is 0.421 e. The third kappa shape index (κ3) is 9.90. The van der Waals surface area contributed by atoms with E-state index in [1.165, 1.54) is 53.4 Å². The second kappa shape index (κ2) is 17.6. The van der Waals surface area contributed by atoms with Crippen LogP contribution in [-0.4, -0.2) is 122 Å². The van der Waals surface area contributed by atoms with Gasteiger partial charge in [0.05, 0.1) is 32.1 Å². The Bertz CT molecular complexity index is 1680. The first-order valence-corrected chi connectivity index (χ1v) is 15.2. The number of aliphatic carboxylic acids is 1. The zero-order valence-corrected chi connectivity index (χ0v) is 27.7. The number of carbonyl (C=O) groups is 7.